The molecule has 0 bridgehead atoms. The molecule has 174 valence electrons. The molecule has 5 rings (SSSR count). The molecule has 9 nitrogen and oxygen atoms in total. The number of rotatable bonds is 6. The zero-order chi connectivity index (χ0) is 24.2. The van der Waals surface area contributed by atoms with Crippen LogP contribution in [-0.4, -0.2) is 21.8 Å². The number of carbonyl (C=O) groups excluding carboxylic acids is 2. The molecule has 4 aromatic rings. The van der Waals surface area contributed by atoms with E-state index in [4.69, 9.17) is 4.74 Å². The molecular formula is C26H21N5O4. The van der Waals surface area contributed by atoms with Gasteiger partial charge in [0, 0.05) is 17.8 Å². The molecule has 1 aliphatic heterocycles. The number of fused-ring (bicyclic) bond motifs is 1. The zero-order valence-electron chi connectivity index (χ0n) is 18.4. The maximum absolute atomic E-state index is 13.1. The summed E-state index contributed by atoms with van der Waals surface area (Å²) in [6.45, 7) is 0. The van der Waals surface area contributed by atoms with Crippen LogP contribution in [-0.2, 0) is 9.59 Å². The van der Waals surface area contributed by atoms with E-state index in [9.17, 15) is 14.4 Å². The van der Waals surface area contributed by atoms with Gasteiger partial charge in [-0.3, -0.25) is 19.4 Å². The van der Waals surface area contributed by atoms with E-state index < -0.39 is 23.3 Å². The number of nitrogens with one attached hydrogen (secondary N) is 4. The van der Waals surface area contributed by atoms with E-state index in [2.05, 4.69) is 25.9 Å². The van der Waals surface area contributed by atoms with E-state index in [1.165, 1.54) is 0 Å². The Hall–Kier alpha value is -4.92. The Morgan fingerprint density at radius 2 is 1.51 bits per heavy atom. The van der Waals surface area contributed by atoms with Gasteiger partial charge in [-0.15, -0.1) is 0 Å². The molecule has 0 saturated carbocycles. The summed E-state index contributed by atoms with van der Waals surface area (Å²) in [5, 5.41) is 8.36. The first-order chi connectivity index (χ1) is 17.0. The Labute approximate surface area is 200 Å². The van der Waals surface area contributed by atoms with Crippen molar-refractivity contribution in [1.29, 1.82) is 0 Å². The number of nitrogens with zero attached hydrogens (tertiary/aromatic N) is 1. The van der Waals surface area contributed by atoms with Crippen LogP contribution in [0.1, 0.15) is 17.9 Å². The van der Waals surface area contributed by atoms with Crippen LogP contribution < -0.4 is 26.2 Å². The van der Waals surface area contributed by atoms with Crippen LogP contribution in [0.3, 0.4) is 0 Å². The fraction of sp³-hybridized carbons (Fsp3) is 0.0769. The Balaban J connectivity index is 1.33. The molecule has 4 N–H and O–H groups in total. The normalized spacial score (nSPS) is 14.4. The number of amides is 2. The predicted molar refractivity (Wildman–Crippen MR) is 132 cm³/mol. The van der Waals surface area contributed by atoms with Gasteiger partial charge in [0.2, 0.25) is 17.8 Å². The van der Waals surface area contributed by atoms with Crippen molar-refractivity contribution in [2.24, 2.45) is 0 Å². The minimum atomic E-state index is -0.985. The zero-order valence-corrected chi connectivity index (χ0v) is 18.4. The fourth-order valence-corrected chi connectivity index (χ4v) is 3.77. The largest absolute Gasteiger partial charge is 0.457 e. The molecular weight excluding hydrogens is 446 g/mol. The van der Waals surface area contributed by atoms with Gasteiger partial charge in [-0.05, 0) is 48.5 Å². The van der Waals surface area contributed by atoms with E-state index in [-0.39, 0.29) is 23.8 Å². The Morgan fingerprint density at radius 1 is 0.857 bits per heavy atom. The van der Waals surface area contributed by atoms with Gasteiger partial charge in [-0.25, -0.2) is 0 Å². The minimum Gasteiger partial charge on any atom is -0.457 e. The molecule has 1 atom stereocenters. The molecule has 9 heteroatoms. The van der Waals surface area contributed by atoms with Gasteiger partial charge in [0.15, 0.2) is 0 Å². The number of aromatic amines is 1. The molecule has 35 heavy (non-hydrogen) atoms. The highest BCUT2D eigenvalue weighted by Crippen LogP contribution is 2.30. The van der Waals surface area contributed by atoms with E-state index in [0.717, 1.165) is 0 Å². The number of benzene rings is 3. The summed E-state index contributed by atoms with van der Waals surface area (Å²) < 4.78 is 5.76. The fourth-order valence-electron chi connectivity index (χ4n) is 3.77. The monoisotopic (exact) mass is 467 g/mol. The first-order valence-corrected chi connectivity index (χ1v) is 10.9. The average molecular weight is 467 g/mol. The van der Waals surface area contributed by atoms with Crippen molar-refractivity contribution in [2.45, 2.75) is 12.3 Å². The minimum absolute atomic E-state index is 0.0650. The topological polar surface area (TPSA) is 125 Å². The SMILES string of the molecule is O=C1C[C@@H](C(=O)Nc2ccc(Oc3ccccc3)cc2)c2c(nc(Nc3ccccc3)[nH]c2=O)N1. The second kappa shape index (κ2) is 9.52. The lowest BCUT2D eigenvalue weighted by atomic mass is 9.92. The highest BCUT2D eigenvalue weighted by Gasteiger charge is 2.34. The van der Waals surface area contributed by atoms with E-state index in [0.29, 0.717) is 22.9 Å². The summed E-state index contributed by atoms with van der Waals surface area (Å²) in [5.74, 6) is -0.328. The molecule has 0 fully saturated rings. The number of ether oxygens (including phenoxy) is 1. The molecule has 0 unspecified atom stereocenters. The number of H-pyrrole nitrogens is 1. The van der Waals surface area contributed by atoms with E-state index in [1.54, 1.807) is 24.3 Å². The summed E-state index contributed by atoms with van der Waals surface area (Å²) >= 11 is 0. The van der Waals surface area contributed by atoms with Crippen LogP contribution in [0.4, 0.5) is 23.1 Å². The molecule has 2 amide bonds. The van der Waals surface area contributed by atoms with Crippen molar-refractivity contribution in [3.05, 3.63) is 101 Å². The molecule has 1 aliphatic rings. The van der Waals surface area contributed by atoms with Crippen molar-refractivity contribution >= 4 is 35.0 Å². The highest BCUT2D eigenvalue weighted by molar-refractivity contribution is 6.04. The Kier molecular flexibility index (Phi) is 5.96. The first kappa shape index (κ1) is 21.9. The summed E-state index contributed by atoms with van der Waals surface area (Å²) in [5.41, 5.74) is 0.839. The van der Waals surface area contributed by atoms with Gasteiger partial charge in [0.25, 0.3) is 5.56 Å². The number of para-hydroxylation sites is 2. The van der Waals surface area contributed by atoms with Crippen LogP contribution >= 0.6 is 0 Å². The number of anilines is 4. The van der Waals surface area contributed by atoms with Crippen molar-refractivity contribution in [2.75, 3.05) is 16.0 Å². The maximum Gasteiger partial charge on any atom is 0.258 e. The number of hydrogen-bond acceptors (Lipinski definition) is 6. The van der Waals surface area contributed by atoms with E-state index in [1.807, 2.05) is 60.7 Å². The highest BCUT2D eigenvalue weighted by atomic mass is 16.5. The van der Waals surface area contributed by atoms with Crippen LogP contribution in [0.2, 0.25) is 0 Å². The summed E-state index contributed by atoms with van der Waals surface area (Å²) in [6, 6.07) is 25.3. The number of hydrogen-bond donors (Lipinski definition) is 4. The summed E-state index contributed by atoms with van der Waals surface area (Å²) in [7, 11) is 0. The predicted octanol–water partition coefficient (Wildman–Crippen LogP) is 4.37. The molecule has 0 aliphatic carbocycles. The van der Waals surface area contributed by atoms with Gasteiger partial charge < -0.3 is 20.7 Å². The second-order valence-electron chi connectivity index (χ2n) is 7.90. The molecule has 3 aromatic carbocycles. The third-order valence-electron chi connectivity index (χ3n) is 5.40. The molecule has 0 spiro atoms. The molecule has 2 heterocycles. The first-order valence-electron chi connectivity index (χ1n) is 10.9. The lowest BCUT2D eigenvalue weighted by Gasteiger charge is -2.23. The number of carbonyl (C=O) groups is 2. The van der Waals surface area contributed by atoms with Gasteiger partial charge in [0.05, 0.1) is 11.5 Å². The molecule has 0 radical (unpaired) electrons. The van der Waals surface area contributed by atoms with Crippen LogP contribution in [0.5, 0.6) is 11.5 Å². The second-order valence-corrected chi connectivity index (χ2v) is 7.90. The third-order valence-corrected chi connectivity index (χ3v) is 5.40. The summed E-state index contributed by atoms with van der Waals surface area (Å²) in [6.07, 6.45) is -0.162. The van der Waals surface area contributed by atoms with Crippen molar-refractivity contribution in [3.63, 3.8) is 0 Å². The maximum atomic E-state index is 13.1. The smallest absolute Gasteiger partial charge is 0.258 e. The van der Waals surface area contributed by atoms with Crippen molar-refractivity contribution in [3.8, 4) is 11.5 Å². The Bertz CT molecular complexity index is 1420. The van der Waals surface area contributed by atoms with Gasteiger partial charge in [-0.1, -0.05) is 36.4 Å². The standard InChI is InChI=1S/C26H21N5O4/c32-21-15-20(22-23(29-21)30-26(31-25(22)34)28-16-7-3-1-4-8-16)24(33)27-17-11-13-19(14-12-17)35-18-9-5-2-6-10-18/h1-14,20H,15H2,(H,27,33)(H3,28,29,30,31,32,34)/t20-/m1/s1. The van der Waals surface area contributed by atoms with Gasteiger partial charge in [-0.2, -0.15) is 4.98 Å². The van der Waals surface area contributed by atoms with Crippen LogP contribution in [0.25, 0.3) is 0 Å². The van der Waals surface area contributed by atoms with Crippen LogP contribution in [0, 0.1) is 0 Å². The van der Waals surface area contributed by atoms with Gasteiger partial charge in [0.1, 0.15) is 17.3 Å². The lowest BCUT2D eigenvalue weighted by Crippen LogP contribution is -2.36. The quantitative estimate of drug-likeness (QED) is 0.334. The van der Waals surface area contributed by atoms with Crippen LogP contribution in [0.15, 0.2) is 89.7 Å². The Morgan fingerprint density at radius 3 is 2.23 bits per heavy atom. The van der Waals surface area contributed by atoms with Gasteiger partial charge >= 0.3 is 0 Å². The third kappa shape index (κ3) is 5.03. The molecule has 0 saturated heterocycles. The van der Waals surface area contributed by atoms with Crippen molar-refractivity contribution < 1.29 is 14.3 Å². The molecule has 1 aromatic heterocycles. The summed E-state index contributed by atoms with van der Waals surface area (Å²) in [4.78, 5) is 45.2. The van der Waals surface area contributed by atoms with Crippen molar-refractivity contribution in [1.82, 2.24) is 9.97 Å². The average Bonchev–Trinajstić information content (AvgIpc) is 2.86. The van der Waals surface area contributed by atoms with E-state index >= 15 is 0 Å². The lowest BCUT2D eigenvalue weighted by molar-refractivity contribution is -0.123. The number of aromatic nitrogens is 2.